The number of benzene rings is 2. The van der Waals surface area contributed by atoms with Gasteiger partial charge in [0.25, 0.3) is 5.91 Å². The Morgan fingerprint density at radius 1 is 1.08 bits per heavy atom. The predicted octanol–water partition coefficient (Wildman–Crippen LogP) is 1.78. The highest BCUT2D eigenvalue weighted by molar-refractivity contribution is 5.89. The molecule has 2 aromatic carbocycles. The Morgan fingerprint density at radius 3 is 2.41 bits per heavy atom. The van der Waals surface area contributed by atoms with Crippen molar-refractivity contribution in [3.8, 4) is 0 Å². The summed E-state index contributed by atoms with van der Waals surface area (Å²) in [7, 11) is 3.41. The highest BCUT2D eigenvalue weighted by Crippen LogP contribution is 2.27. The average molecular weight is 531 g/mol. The maximum atomic E-state index is 13.4. The molecule has 0 aliphatic carbocycles. The van der Waals surface area contributed by atoms with Crippen LogP contribution in [0.3, 0.4) is 0 Å². The molecule has 0 saturated carbocycles. The van der Waals surface area contributed by atoms with E-state index in [9.17, 15) is 14.4 Å². The number of nitrogens with one attached hydrogen (secondary N) is 2. The summed E-state index contributed by atoms with van der Waals surface area (Å²) in [6.45, 7) is 7.19. The summed E-state index contributed by atoms with van der Waals surface area (Å²) in [5.74, 6) is -0.790. The normalized spacial score (nSPS) is 12.8. The summed E-state index contributed by atoms with van der Waals surface area (Å²) >= 11 is 0. The number of aromatic nitrogens is 1. The molecule has 200 valence electrons. The van der Waals surface area contributed by atoms with Gasteiger partial charge in [-0.05, 0) is 36.2 Å². The third-order valence-electron chi connectivity index (χ3n) is 6.59. The standard InChI is InChI=1S/C26H34N6O4.ClH/c1-5-27-10-11-28-24(33)16-31(21-13-23-22(12-18(21)2)29(3)26(35)36-23)17-25(34)30(4)32-14-19-8-6-7-9-20(19)15-32;/h6-9,12-13,27H,5,10-11,14-17H2,1-4H3,(H,28,33);1H. The smallest absolute Gasteiger partial charge is 0.408 e. The lowest BCUT2D eigenvalue weighted by molar-refractivity contribution is -0.145. The van der Waals surface area contributed by atoms with E-state index in [4.69, 9.17) is 4.42 Å². The van der Waals surface area contributed by atoms with E-state index in [0.717, 1.165) is 12.1 Å². The van der Waals surface area contributed by atoms with Gasteiger partial charge in [0, 0.05) is 52.0 Å². The van der Waals surface area contributed by atoms with Crippen LogP contribution in [0.5, 0.6) is 0 Å². The summed E-state index contributed by atoms with van der Waals surface area (Å²) in [4.78, 5) is 40.0. The first-order valence-corrected chi connectivity index (χ1v) is 12.2. The molecule has 2 heterocycles. The molecule has 37 heavy (non-hydrogen) atoms. The number of amides is 2. The van der Waals surface area contributed by atoms with E-state index in [2.05, 4.69) is 22.8 Å². The molecule has 0 bridgehead atoms. The van der Waals surface area contributed by atoms with Gasteiger partial charge in [-0.2, -0.15) is 0 Å². The van der Waals surface area contributed by atoms with Crippen LogP contribution >= 0.6 is 12.4 Å². The van der Waals surface area contributed by atoms with Crippen LogP contribution in [0, 0.1) is 6.92 Å². The van der Waals surface area contributed by atoms with E-state index in [1.54, 1.807) is 30.1 Å². The number of fused-ring (bicyclic) bond motifs is 2. The van der Waals surface area contributed by atoms with Crippen molar-refractivity contribution >= 4 is 41.0 Å². The second-order valence-electron chi connectivity index (χ2n) is 9.10. The predicted molar refractivity (Wildman–Crippen MR) is 146 cm³/mol. The third-order valence-corrected chi connectivity index (χ3v) is 6.59. The Bertz CT molecular complexity index is 1300. The maximum Gasteiger partial charge on any atom is 0.419 e. The van der Waals surface area contributed by atoms with Gasteiger partial charge in [-0.15, -0.1) is 12.4 Å². The van der Waals surface area contributed by atoms with Crippen molar-refractivity contribution in [2.24, 2.45) is 7.05 Å². The summed E-state index contributed by atoms with van der Waals surface area (Å²) in [6, 6.07) is 11.7. The van der Waals surface area contributed by atoms with Crippen molar-refractivity contribution in [1.29, 1.82) is 0 Å². The molecule has 11 heteroatoms. The van der Waals surface area contributed by atoms with Gasteiger partial charge in [-0.3, -0.25) is 19.2 Å². The molecular formula is C26H35ClN6O4. The molecule has 2 N–H and O–H groups in total. The Balaban J connectivity index is 0.00000380. The number of anilines is 1. The topological polar surface area (TPSA) is 103 Å². The molecule has 0 spiro atoms. The number of likely N-dealkylation sites (N-methyl/N-ethyl adjacent to an activating group) is 2. The lowest BCUT2D eigenvalue weighted by Gasteiger charge is -2.32. The number of aryl methyl sites for hydroxylation is 2. The number of nitrogens with zero attached hydrogens (tertiary/aromatic N) is 4. The van der Waals surface area contributed by atoms with Gasteiger partial charge in [0.15, 0.2) is 5.58 Å². The molecular weight excluding hydrogens is 496 g/mol. The van der Waals surface area contributed by atoms with Crippen LogP contribution in [0.15, 0.2) is 45.6 Å². The first-order valence-electron chi connectivity index (χ1n) is 12.2. The van der Waals surface area contributed by atoms with Crippen molar-refractivity contribution < 1.29 is 14.0 Å². The fraction of sp³-hybridized carbons (Fsp3) is 0.423. The van der Waals surface area contributed by atoms with E-state index >= 15 is 0 Å². The lowest BCUT2D eigenvalue weighted by Crippen LogP contribution is -2.48. The molecule has 0 saturated heterocycles. The highest BCUT2D eigenvalue weighted by Gasteiger charge is 2.27. The fourth-order valence-corrected chi connectivity index (χ4v) is 4.48. The number of oxazole rings is 1. The average Bonchev–Trinajstić information content (AvgIpc) is 3.41. The monoisotopic (exact) mass is 530 g/mol. The molecule has 2 amide bonds. The van der Waals surface area contributed by atoms with Crippen LogP contribution in [-0.4, -0.2) is 66.2 Å². The SMILES string of the molecule is CCNCCNC(=O)CN(CC(=O)N(C)N1Cc2ccccc2C1)c1cc2oc(=O)n(C)c2cc1C.Cl. The van der Waals surface area contributed by atoms with E-state index in [-0.39, 0.29) is 37.3 Å². The molecule has 1 aromatic heterocycles. The molecule has 10 nitrogen and oxygen atoms in total. The van der Waals surface area contributed by atoms with Gasteiger partial charge >= 0.3 is 5.76 Å². The van der Waals surface area contributed by atoms with E-state index in [1.165, 1.54) is 15.7 Å². The second-order valence-corrected chi connectivity index (χ2v) is 9.10. The Hall–Kier alpha value is -3.34. The van der Waals surface area contributed by atoms with Gasteiger partial charge in [-0.1, -0.05) is 31.2 Å². The minimum atomic E-state index is -0.460. The Morgan fingerprint density at radius 2 is 1.76 bits per heavy atom. The molecule has 1 aliphatic rings. The number of rotatable bonds is 10. The third kappa shape index (κ3) is 6.33. The number of halogens is 1. The Labute approximate surface area is 222 Å². The number of hydrogen-bond acceptors (Lipinski definition) is 7. The zero-order valence-corrected chi connectivity index (χ0v) is 22.6. The first-order chi connectivity index (χ1) is 17.3. The van der Waals surface area contributed by atoms with Gasteiger partial charge in [0.2, 0.25) is 5.91 Å². The minimum absolute atomic E-state index is 0. The van der Waals surface area contributed by atoms with Gasteiger partial charge in [-0.25, -0.2) is 9.80 Å². The summed E-state index contributed by atoms with van der Waals surface area (Å²) < 4.78 is 6.82. The molecule has 0 radical (unpaired) electrons. The number of carbonyl (C=O) groups excluding carboxylic acids is 2. The van der Waals surface area contributed by atoms with Crippen LogP contribution in [0.4, 0.5) is 5.69 Å². The first kappa shape index (κ1) is 28.2. The highest BCUT2D eigenvalue weighted by atomic mass is 35.5. The Kier molecular flexibility index (Phi) is 9.36. The number of hydrogen-bond donors (Lipinski definition) is 2. The largest absolute Gasteiger partial charge is 0.419 e. The number of hydrazine groups is 1. The van der Waals surface area contributed by atoms with Crippen LogP contribution in [0.2, 0.25) is 0 Å². The molecule has 3 aromatic rings. The summed E-state index contributed by atoms with van der Waals surface area (Å²) in [5, 5.41) is 9.70. The van der Waals surface area contributed by atoms with Gasteiger partial charge in [0.1, 0.15) is 0 Å². The van der Waals surface area contributed by atoms with E-state index in [0.29, 0.717) is 43.0 Å². The van der Waals surface area contributed by atoms with Crippen molar-refractivity contribution in [2.75, 3.05) is 44.7 Å². The molecule has 0 fully saturated rings. The lowest BCUT2D eigenvalue weighted by atomic mass is 10.1. The van der Waals surface area contributed by atoms with Crippen molar-refractivity contribution in [2.45, 2.75) is 26.9 Å². The number of carbonyl (C=O) groups is 2. The van der Waals surface area contributed by atoms with Crippen molar-refractivity contribution in [3.05, 3.63) is 63.6 Å². The van der Waals surface area contributed by atoms with Crippen molar-refractivity contribution in [1.82, 2.24) is 25.2 Å². The van der Waals surface area contributed by atoms with Crippen LogP contribution in [-0.2, 0) is 29.7 Å². The van der Waals surface area contributed by atoms with Crippen molar-refractivity contribution in [3.63, 3.8) is 0 Å². The molecule has 4 rings (SSSR count). The fourth-order valence-electron chi connectivity index (χ4n) is 4.48. The molecule has 0 atom stereocenters. The van der Waals surface area contributed by atoms with Crippen LogP contribution < -0.4 is 21.3 Å². The zero-order valence-electron chi connectivity index (χ0n) is 21.7. The van der Waals surface area contributed by atoms with E-state index < -0.39 is 5.76 Å². The zero-order chi connectivity index (χ0) is 25.8. The summed E-state index contributed by atoms with van der Waals surface area (Å²) in [5.41, 5.74) is 4.99. The maximum absolute atomic E-state index is 13.4. The second kappa shape index (κ2) is 12.3. The van der Waals surface area contributed by atoms with Gasteiger partial charge < -0.3 is 20.0 Å². The summed E-state index contributed by atoms with van der Waals surface area (Å²) in [6.07, 6.45) is 0. The quantitative estimate of drug-likeness (QED) is 0.385. The van der Waals surface area contributed by atoms with Gasteiger partial charge in [0.05, 0.1) is 18.6 Å². The van der Waals surface area contributed by atoms with E-state index in [1.807, 2.05) is 37.1 Å². The molecule has 1 aliphatic heterocycles. The molecule has 0 unspecified atom stereocenters. The van der Waals surface area contributed by atoms with Crippen LogP contribution in [0.25, 0.3) is 11.1 Å². The minimum Gasteiger partial charge on any atom is -0.408 e. The van der Waals surface area contributed by atoms with Crippen LogP contribution in [0.1, 0.15) is 23.6 Å².